The van der Waals surface area contributed by atoms with Crippen molar-refractivity contribution in [2.75, 3.05) is 0 Å². The molecule has 2 heterocycles. The van der Waals surface area contributed by atoms with Crippen molar-refractivity contribution in [1.29, 1.82) is 0 Å². The molecule has 4 N–H and O–H groups in total. The molecule has 0 aliphatic carbocycles. The van der Waals surface area contributed by atoms with Crippen LogP contribution in [0, 0.1) is 0 Å². The Morgan fingerprint density at radius 2 is 1.89 bits per heavy atom. The lowest BCUT2D eigenvalue weighted by Gasteiger charge is -2.17. The number of hydrogen-bond acceptors (Lipinski definition) is 4. The van der Waals surface area contributed by atoms with Crippen molar-refractivity contribution in [3.8, 4) is 0 Å². The van der Waals surface area contributed by atoms with Crippen molar-refractivity contribution in [2.24, 2.45) is 0 Å². The standard InChI is InChI=1S/C27H30N4O4/c1-2-3-8-25-30-16-21(31(25)17-18-9-11-19(12-10-18)26(32)33)15-29-24(27(34)35)13-20-14-28-23-7-5-4-6-22(20)23/h4-7,9-12,14,16,24,28-29H,2-3,8,13,15,17H2,1H3,(H,32,33)(H,34,35)/t24-/m0/s1. The number of aliphatic carboxylic acids is 1. The maximum Gasteiger partial charge on any atom is 0.335 e. The van der Waals surface area contributed by atoms with Crippen molar-refractivity contribution in [3.05, 3.63) is 89.1 Å². The van der Waals surface area contributed by atoms with E-state index in [9.17, 15) is 14.7 Å². The van der Waals surface area contributed by atoms with Crippen LogP contribution in [0.2, 0.25) is 0 Å². The van der Waals surface area contributed by atoms with Crippen molar-refractivity contribution in [1.82, 2.24) is 19.9 Å². The number of nitrogens with zero attached hydrogens (tertiary/aromatic N) is 2. The van der Waals surface area contributed by atoms with Crippen LogP contribution in [-0.4, -0.2) is 42.7 Å². The van der Waals surface area contributed by atoms with E-state index in [4.69, 9.17) is 5.11 Å². The molecule has 0 unspecified atom stereocenters. The lowest BCUT2D eigenvalue weighted by atomic mass is 10.0. The van der Waals surface area contributed by atoms with Gasteiger partial charge in [-0.3, -0.25) is 10.1 Å². The summed E-state index contributed by atoms with van der Waals surface area (Å²) in [6.07, 6.45) is 6.89. The van der Waals surface area contributed by atoms with E-state index in [1.165, 1.54) is 0 Å². The first-order chi connectivity index (χ1) is 17.0. The minimum Gasteiger partial charge on any atom is -0.480 e. The fourth-order valence-electron chi connectivity index (χ4n) is 4.25. The van der Waals surface area contributed by atoms with Crippen LogP contribution in [0.25, 0.3) is 10.9 Å². The Morgan fingerprint density at radius 1 is 1.11 bits per heavy atom. The fourth-order valence-corrected chi connectivity index (χ4v) is 4.25. The number of rotatable bonds is 12. The molecule has 4 aromatic rings. The molecule has 0 aliphatic rings. The third-order valence-electron chi connectivity index (χ3n) is 6.24. The number of carboxylic acid groups (broad SMARTS) is 2. The number of aromatic amines is 1. The predicted octanol–water partition coefficient (Wildman–Crippen LogP) is 4.24. The van der Waals surface area contributed by atoms with E-state index in [-0.39, 0.29) is 5.56 Å². The van der Waals surface area contributed by atoms with Crippen LogP contribution in [0.15, 0.2) is 60.9 Å². The number of carboxylic acids is 2. The number of H-pyrrole nitrogens is 1. The molecule has 1 atom stereocenters. The van der Waals surface area contributed by atoms with Crippen molar-refractivity contribution in [2.45, 2.75) is 51.7 Å². The van der Waals surface area contributed by atoms with E-state index in [0.717, 1.165) is 52.8 Å². The van der Waals surface area contributed by atoms with E-state index in [2.05, 4.69) is 26.8 Å². The Bertz CT molecular complexity index is 1310. The molecule has 8 nitrogen and oxygen atoms in total. The van der Waals surface area contributed by atoms with Gasteiger partial charge >= 0.3 is 11.9 Å². The third-order valence-corrected chi connectivity index (χ3v) is 6.24. The molecule has 0 fully saturated rings. The summed E-state index contributed by atoms with van der Waals surface area (Å²) in [6, 6.07) is 13.9. The number of nitrogens with one attached hydrogen (secondary N) is 2. The lowest BCUT2D eigenvalue weighted by molar-refractivity contribution is -0.139. The number of aryl methyl sites for hydroxylation is 1. The second-order valence-electron chi connectivity index (χ2n) is 8.69. The minimum absolute atomic E-state index is 0.244. The van der Waals surface area contributed by atoms with Gasteiger partial charge in [-0.2, -0.15) is 0 Å². The Balaban J connectivity index is 1.52. The number of fused-ring (bicyclic) bond motifs is 1. The summed E-state index contributed by atoms with van der Waals surface area (Å²) in [7, 11) is 0. The average Bonchev–Trinajstić information content (AvgIpc) is 3.44. The number of imidazole rings is 1. The lowest BCUT2D eigenvalue weighted by Crippen LogP contribution is -2.38. The first-order valence-corrected chi connectivity index (χ1v) is 11.8. The van der Waals surface area contributed by atoms with Gasteiger partial charge in [-0.25, -0.2) is 9.78 Å². The SMILES string of the molecule is CCCCc1ncc(CN[C@@H](Cc2c[nH]c3ccccc23)C(=O)O)n1Cc1ccc(C(=O)O)cc1. The van der Waals surface area contributed by atoms with Gasteiger partial charge in [0.2, 0.25) is 0 Å². The van der Waals surface area contributed by atoms with Gasteiger partial charge in [0.1, 0.15) is 11.9 Å². The average molecular weight is 475 g/mol. The highest BCUT2D eigenvalue weighted by Crippen LogP contribution is 2.20. The molecule has 2 aromatic heterocycles. The molecular formula is C27H30N4O4. The maximum absolute atomic E-state index is 12.0. The maximum atomic E-state index is 12.0. The van der Waals surface area contributed by atoms with Crippen LogP contribution in [-0.2, 0) is 30.7 Å². The monoisotopic (exact) mass is 474 g/mol. The minimum atomic E-state index is -0.956. The normalized spacial score (nSPS) is 12.1. The van der Waals surface area contributed by atoms with E-state index in [0.29, 0.717) is 19.5 Å². The molecule has 0 spiro atoms. The van der Waals surface area contributed by atoms with Gasteiger partial charge in [0, 0.05) is 49.2 Å². The second kappa shape index (κ2) is 11.0. The Kier molecular flexibility index (Phi) is 7.62. The summed E-state index contributed by atoms with van der Waals surface area (Å²) in [6.45, 7) is 3.02. The fraction of sp³-hybridized carbons (Fsp3) is 0.296. The number of carbonyl (C=O) groups is 2. The molecule has 35 heavy (non-hydrogen) atoms. The highest BCUT2D eigenvalue weighted by atomic mass is 16.4. The summed E-state index contributed by atoms with van der Waals surface area (Å²) in [5.74, 6) is -0.922. The molecule has 0 saturated heterocycles. The second-order valence-corrected chi connectivity index (χ2v) is 8.69. The van der Waals surface area contributed by atoms with E-state index >= 15 is 0 Å². The zero-order valence-corrected chi connectivity index (χ0v) is 19.7. The Morgan fingerprint density at radius 3 is 2.60 bits per heavy atom. The topological polar surface area (TPSA) is 120 Å². The number of aromatic nitrogens is 3. The smallest absolute Gasteiger partial charge is 0.335 e. The molecule has 0 saturated carbocycles. The van der Waals surface area contributed by atoms with Crippen molar-refractivity contribution >= 4 is 22.8 Å². The van der Waals surface area contributed by atoms with Crippen LogP contribution in [0.3, 0.4) is 0 Å². The number of hydrogen-bond donors (Lipinski definition) is 4. The first-order valence-electron chi connectivity index (χ1n) is 11.8. The van der Waals surface area contributed by atoms with Gasteiger partial charge in [-0.1, -0.05) is 43.7 Å². The number of aromatic carboxylic acids is 1. The summed E-state index contributed by atoms with van der Waals surface area (Å²) in [5.41, 5.74) is 4.04. The Labute approximate surface area is 203 Å². The van der Waals surface area contributed by atoms with Gasteiger partial charge in [0.15, 0.2) is 0 Å². The van der Waals surface area contributed by atoms with E-state index < -0.39 is 18.0 Å². The summed E-state index contributed by atoms with van der Waals surface area (Å²) >= 11 is 0. The summed E-state index contributed by atoms with van der Waals surface area (Å²) < 4.78 is 2.10. The van der Waals surface area contributed by atoms with E-state index in [1.807, 2.05) is 30.5 Å². The highest BCUT2D eigenvalue weighted by Gasteiger charge is 2.20. The largest absolute Gasteiger partial charge is 0.480 e. The van der Waals surface area contributed by atoms with Gasteiger partial charge in [0.25, 0.3) is 0 Å². The van der Waals surface area contributed by atoms with Crippen LogP contribution < -0.4 is 5.32 Å². The van der Waals surface area contributed by atoms with Gasteiger partial charge < -0.3 is 19.8 Å². The molecular weight excluding hydrogens is 444 g/mol. The molecule has 8 heteroatoms. The molecule has 2 aromatic carbocycles. The molecule has 0 radical (unpaired) electrons. The van der Waals surface area contributed by atoms with Gasteiger partial charge in [-0.05, 0) is 35.7 Å². The molecule has 0 amide bonds. The molecule has 0 aliphatic heterocycles. The van der Waals surface area contributed by atoms with Gasteiger partial charge in [0.05, 0.1) is 11.3 Å². The number of unbranched alkanes of at least 4 members (excludes halogenated alkanes) is 1. The van der Waals surface area contributed by atoms with Crippen LogP contribution in [0.5, 0.6) is 0 Å². The molecule has 0 bridgehead atoms. The zero-order chi connectivity index (χ0) is 24.8. The summed E-state index contributed by atoms with van der Waals surface area (Å²) in [4.78, 5) is 31.0. The first kappa shape index (κ1) is 24.2. The molecule has 4 rings (SSSR count). The highest BCUT2D eigenvalue weighted by molar-refractivity contribution is 5.87. The third kappa shape index (κ3) is 5.78. The zero-order valence-electron chi connectivity index (χ0n) is 19.7. The predicted molar refractivity (Wildman–Crippen MR) is 134 cm³/mol. The van der Waals surface area contributed by atoms with Gasteiger partial charge in [-0.15, -0.1) is 0 Å². The van der Waals surface area contributed by atoms with Crippen molar-refractivity contribution in [3.63, 3.8) is 0 Å². The van der Waals surface area contributed by atoms with Crippen molar-refractivity contribution < 1.29 is 19.8 Å². The molecule has 182 valence electrons. The summed E-state index contributed by atoms with van der Waals surface area (Å²) in [5, 5.41) is 23.3. The quantitative estimate of drug-likeness (QED) is 0.244. The van der Waals surface area contributed by atoms with E-state index in [1.54, 1.807) is 30.5 Å². The van der Waals surface area contributed by atoms with Crippen LogP contribution in [0.1, 0.15) is 52.8 Å². The number of benzene rings is 2. The van der Waals surface area contributed by atoms with Crippen LogP contribution in [0.4, 0.5) is 0 Å². The number of para-hydroxylation sites is 1. The Hall–Kier alpha value is -3.91. The van der Waals surface area contributed by atoms with Crippen LogP contribution >= 0.6 is 0 Å².